The van der Waals surface area contributed by atoms with Crippen molar-refractivity contribution in [1.29, 1.82) is 0 Å². The number of carbonyl (C=O) groups is 1. The van der Waals surface area contributed by atoms with Crippen LogP contribution in [0.3, 0.4) is 0 Å². The topological polar surface area (TPSA) is 84.9 Å². The summed E-state index contributed by atoms with van der Waals surface area (Å²) in [5.41, 5.74) is 7.20. The number of benzene rings is 3. The van der Waals surface area contributed by atoms with Gasteiger partial charge in [-0.15, -0.1) is 4.58 Å². The van der Waals surface area contributed by atoms with Crippen LogP contribution in [0.1, 0.15) is 12.0 Å². The van der Waals surface area contributed by atoms with Crippen LogP contribution in [0.4, 0.5) is 17.2 Å². The van der Waals surface area contributed by atoms with Crippen LogP contribution < -0.4 is 10.1 Å². The number of rotatable bonds is 5. The molecule has 8 nitrogen and oxygen atoms in total. The van der Waals surface area contributed by atoms with E-state index in [0.29, 0.717) is 11.4 Å². The van der Waals surface area contributed by atoms with Gasteiger partial charge in [0, 0.05) is 42.7 Å². The highest BCUT2D eigenvalue weighted by molar-refractivity contribution is 6.15. The zero-order valence-electron chi connectivity index (χ0n) is 20.4. The minimum atomic E-state index is -0.0228. The molecule has 5 aromatic rings. The average Bonchev–Trinajstić information content (AvgIpc) is 3.53. The predicted octanol–water partition coefficient (Wildman–Crippen LogP) is 5.56. The summed E-state index contributed by atoms with van der Waals surface area (Å²) in [7, 11) is 1.97. The van der Waals surface area contributed by atoms with Gasteiger partial charge in [0.1, 0.15) is 23.6 Å². The Hall–Kier alpha value is -4.85. The fourth-order valence-electron chi connectivity index (χ4n) is 5.00. The maximum absolute atomic E-state index is 12.7. The van der Waals surface area contributed by atoms with Crippen LogP contribution in [0.25, 0.3) is 21.9 Å². The molecule has 3 aromatic carbocycles. The van der Waals surface area contributed by atoms with Gasteiger partial charge in [-0.2, -0.15) is 0 Å². The molecular weight excluding hydrogens is 464 g/mol. The van der Waals surface area contributed by atoms with E-state index in [1.54, 1.807) is 10.9 Å². The first-order chi connectivity index (χ1) is 18.0. The van der Waals surface area contributed by atoms with Crippen molar-refractivity contribution in [3.8, 4) is 11.5 Å². The lowest BCUT2D eigenvalue weighted by Gasteiger charge is -2.13. The fourth-order valence-corrected chi connectivity index (χ4v) is 5.00. The van der Waals surface area contributed by atoms with Crippen molar-refractivity contribution in [2.45, 2.75) is 13.3 Å². The van der Waals surface area contributed by atoms with Gasteiger partial charge < -0.3 is 14.6 Å². The molecule has 1 fully saturated rings. The molecule has 1 saturated carbocycles. The quantitative estimate of drug-likeness (QED) is 0.258. The highest BCUT2D eigenvalue weighted by Gasteiger charge is 2.56. The zero-order valence-corrected chi connectivity index (χ0v) is 20.4. The van der Waals surface area contributed by atoms with Gasteiger partial charge in [0.05, 0.1) is 34.4 Å². The Balaban J connectivity index is 1.17. The van der Waals surface area contributed by atoms with E-state index in [2.05, 4.69) is 26.8 Å². The van der Waals surface area contributed by atoms with E-state index >= 15 is 0 Å². The number of ether oxygens (including phenoxy) is 1. The molecule has 1 aliphatic carbocycles. The average molecular weight is 488 g/mol. The number of amides is 1. The lowest BCUT2D eigenvalue weighted by atomic mass is 10.1. The lowest BCUT2D eigenvalue weighted by molar-refractivity contribution is -0.356. The number of carbonyl (C=O) groups excluding carboxylic acids is 1. The van der Waals surface area contributed by atoms with Crippen LogP contribution in [-0.4, -0.2) is 35.7 Å². The molecule has 8 heteroatoms. The normalized spacial score (nSPS) is 16.5. The molecule has 0 radical (unpaired) electrons. The number of hydrogen-bond acceptors (Lipinski definition) is 6. The number of fused-ring (bicyclic) bond motifs is 3. The monoisotopic (exact) mass is 487 g/mol. The van der Waals surface area contributed by atoms with Crippen molar-refractivity contribution in [3.63, 3.8) is 0 Å². The number of nitrogens with one attached hydrogen (secondary N) is 1. The van der Waals surface area contributed by atoms with Gasteiger partial charge in [-0.25, -0.2) is 19.7 Å². The second-order valence-electron chi connectivity index (χ2n) is 9.55. The first-order valence-electron chi connectivity index (χ1n) is 12.1. The van der Waals surface area contributed by atoms with Gasteiger partial charge >= 0.3 is 5.91 Å². The van der Waals surface area contributed by atoms with Crippen LogP contribution in [0.15, 0.2) is 79.4 Å². The third kappa shape index (κ3) is 3.48. The van der Waals surface area contributed by atoms with Crippen molar-refractivity contribution in [2.24, 2.45) is 13.0 Å². The summed E-state index contributed by atoms with van der Waals surface area (Å²) in [5.74, 6) is 2.36. The summed E-state index contributed by atoms with van der Waals surface area (Å²) in [5, 5.41) is 4.26. The largest absolute Gasteiger partial charge is 0.457 e. The Bertz CT molecular complexity index is 1830. The van der Waals surface area contributed by atoms with Crippen molar-refractivity contribution >= 4 is 50.7 Å². The molecule has 2 aromatic heterocycles. The first kappa shape index (κ1) is 21.4. The maximum Gasteiger partial charge on any atom is 0.421 e. The second-order valence-corrected chi connectivity index (χ2v) is 9.55. The smallest absolute Gasteiger partial charge is 0.421 e. The molecule has 7 rings (SSSR count). The Labute approximate surface area is 212 Å². The van der Waals surface area contributed by atoms with E-state index < -0.39 is 0 Å². The number of imidazole rings is 1. The third-order valence-electron chi connectivity index (χ3n) is 7.08. The molecule has 1 atom stereocenters. The molecule has 2 aliphatic rings. The van der Waals surface area contributed by atoms with Crippen LogP contribution in [0.2, 0.25) is 0 Å². The van der Waals surface area contributed by atoms with Gasteiger partial charge in [-0.1, -0.05) is 6.58 Å². The summed E-state index contributed by atoms with van der Waals surface area (Å²) >= 11 is 0. The maximum atomic E-state index is 12.7. The second kappa shape index (κ2) is 7.83. The Morgan fingerprint density at radius 1 is 1.05 bits per heavy atom. The molecule has 1 N–H and O–H groups in total. The van der Waals surface area contributed by atoms with E-state index in [0.717, 1.165) is 62.5 Å². The van der Waals surface area contributed by atoms with Crippen LogP contribution in [0, 0.1) is 12.8 Å². The summed E-state index contributed by atoms with van der Waals surface area (Å²) in [6.45, 7) is 5.97. The molecule has 3 heterocycles. The Morgan fingerprint density at radius 2 is 1.95 bits per heavy atom. The van der Waals surface area contributed by atoms with Crippen LogP contribution in [0.5, 0.6) is 11.5 Å². The van der Waals surface area contributed by atoms with Gasteiger partial charge in [0.25, 0.3) is 0 Å². The number of aromatic nitrogens is 4. The molecule has 1 amide bonds. The lowest BCUT2D eigenvalue weighted by Crippen LogP contribution is -2.14. The van der Waals surface area contributed by atoms with Gasteiger partial charge in [-0.3, -0.25) is 0 Å². The molecule has 0 spiro atoms. The number of aryl methyl sites for hydroxylation is 2. The van der Waals surface area contributed by atoms with Crippen molar-refractivity contribution in [2.75, 3.05) is 5.32 Å². The number of nitrogens with zero attached hydrogens (tertiary/aromatic N) is 5. The zero-order chi connectivity index (χ0) is 25.3. The van der Waals surface area contributed by atoms with Gasteiger partial charge in [0.15, 0.2) is 5.71 Å². The predicted molar refractivity (Wildman–Crippen MR) is 142 cm³/mol. The Kier molecular flexibility index (Phi) is 4.53. The summed E-state index contributed by atoms with van der Waals surface area (Å²) in [6, 6.07) is 17.6. The molecule has 0 saturated heterocycles. The summed E-state index contributed by atoms with van der Waals surface area (Å²) in [6.07, 6.45) is 4.24. The number of hydrogen-bond donors (Lipinski definition) is 1. The van der Waals surface area contributed by atoms with Crippen LogP contribution >= 0.6 is 0 Å². The minimum absolute atomic E-state index is 0.0228. The molecule has 1 aliphatic heterocycles. The molecule has 0 unspecified atom stereocenters. The van der Waals surface area contributed by atoms with Gasteiger partial charge in [0.2, 0.25) is 5.69 Å². The van der Waals surface area contributed by atoms with Crippen molar-refractivity contribution in [1.82, 2.24) is 19.5 Å². The first-order valence-corrected chi connectivity index (χ1v) is 12.1. The summed E-state index contributed by atoms with van der Waals surface area (Å²) in [4.78, 5) is 26.0. The van der Waals surface area contributed by atoms with E-state index in [-0.39, 0.29) is 11.8 Å². The fraction of sp³-hybridized carbons (Fsp3) is 0.138. The standard InChI is InChI=1S/C29H23N6O2/c1-16-10-18(4-9-27(16)37-20-6-8-25-24(12-20)32-15-34(25)3)33-28-22-11-19(5-7-23(22)30-14-31-28)35-26-13-21(26)17(2)29(35)36/h4-12,14-15,21H,2,13H2,1,3H3,(H,30,31,33)/q+1/t21-/m1/s1. The number of anilines is 2. The molecular formula is C29H23N6O2+. The highest BCUT2D eigenvalue weighted by Crippen LogP contribution is 2.42. The third-order valence-corrected chi connectivity index (χ3v) is 7.08. The molecule has 37 heavy (non-hydrogen) atoms. The molecule has 180 valence electrons. The minimum Gasteiger partial charge on any atom is -0.457 e. The summed E-state index contributed by atoms with van der Waals surface area (Å²) < 4.78 is 9.92. The van der Waals surface area contributed by atoms with E-state index in [9.17, 15) is 4.79 Å². The van der Waals surface area contributed by atoms with E-state index in [1.807, 2.05) is 73.1 Å². The molecule has 0 bridgehead atoms. The van der Waals surface area contributed by atoms with E-state index in [4.69, 9.17) is 4.74 Å². The Morgan fingerprint density at radius 3 is 2.76 bits per heavy atom. The highest BCUT2D eigenvalue weighted by atomic mass is 16.5. The van der Waals surface area contributed by atoms with E-state index in [1.165, 1.54) is 6.33 Å². The van der Waals surface area contributed by atoms with Gasteiger partial charge in [-0.05, 0) is 48.9 Å². The SMILES string of the molecule is C=C1C(=O)[N+](c2ccc3ncnc(Nc4ccc(Oc5ccc6c(c5)ncn6C)c(C)c4)c3c2)=C2C[C@H]12. The van der Waals surface area contributed by atoms with Crippen LogP contribution in [-0.2, 0) is 11.8 Å². The van der Waals surface area contributed by atoms with Crippen molar-refractivity contribution in [3.05, 3.63) is 85.0 Å². The van der Waals surface area contributed by atoms with Crippen molar-refractivity contribution < 1.29 is 14.1 Å².